The predicted molar refractivity (Wildman–Crippen MR) is 134 cm³/mol. The fourth-order valence-electron chi connectivity index (χ4n) is 4.27. The van der Waals surface area contributed by atoms with Crippen molar-refractivity contribution < 1.29 is 18.7 Å². The lowest BCUT2D eigenvalue weighted by molar-refractivity contribution is -0.136. The van der Waals surface area contributed by atoms with Gasteiger partial charge in [-0.05, 0) is 67.2 Å². The molecule has 1 heterocycles. The van der Waals surface area contributed by atoms with Crippen molar-refractivity contribution in [3.8, 4) is 11.4 Å². The normalized spacial score (nSPS) is 17.6. The van der Waals surface area contributed by atoms with Crippen LogP contribution in [0.4, 0.5) is 4.39 Å². The maximum absolute atomic E-state index is 13.2. The molecule has 0 spiro atoms. The summed E-state index contributed by atoms with van der Waals surface area (Å²) in [6, 6.07) is 10.7. The molecule has 3 aromatic rings. The lowest BCUT2D eigenvalue weighted by Crippen LogP contribution is -2.36. The first kappa shape index (κ1) is 25.7. The molecule has 0 bridgehead atoms. The third kappa shape index (κ3) is 6.23. The number of hydrogen-bond donors (Lipinski definition) is 1. The van der Waals surface area contributed by atoms with E-state index in [0.717, 1.165) is 18.5 Å². The van der Waals surface area contributed by atoms with Crippen LogP contribution in [0.15, 0.2) is 67.5 Å². The van der Waals surface area contributed by atoms with Crippen LogP contribution in [0.1, 0.15) is 41.1 Å². The molecule has 0 aliphatic heterocycles. The summed E-state index contributed by atoms with van der Waals surface area (Å²) in [5.74, 6) is -0.534. The first-order valence-electron chi connectivity index (χ1n) is 11.7. The molecule has 0 amide bonds. The van der Waals surface area contributed by atoms with Gasteiger partial charge in [-0.3, -0.25) is 9.69 Å². The second-order valence-corrected chi connectivity index (χ2v) is 9.06. The first-order valence-corrected chi connectivity index (χ1v) is 12.0. The minimum absolute atomic E-state index is 0.0110. The molecule has 8 nitrogen and oxygen atoms in total. The second kappa shape index (κ2) is 11.6. The highest BCUT2D eigenvalue weighted by atomic mass is 35.5. The van der Waals surface area contributed by atoms with Crippen molar-refractivity contribution in [1.82, 2.24) is 19.9 Å². The number of carbonyl (C=O) groups excluding carboxylic acids is 2. The molecule has 10 heteroatoms. The van der Waals surface area contributed by atoms with E-state index >= 15 is 0 Å². The molecule has 1 aliphatic carbocycles. The summed E-state index contributed by atoms with van der Waals surface area (Å²) < 4.78 is 20.2. The van der Waals surface area contributed by atoms with E-state index in [1.54, 1.807) is 12.3 Å². The average molecular weight is 512 g/mol. The Bertz CT molecular complexity index is 1220. The third-order valence-corrected chi connectivity index (χ3v) is 6.43. The Morgan fingerprint density at radius 3 is 2.75 bits per heavy atom. The van der Waals surface area contributed by atoms with Crippen LogP contribution >= 0.6 is 11.6 Å². The summed E-state index contributed by atoms with van der Waals surface area (Å²) in [5.41, 5.74) is 7.83. The third-order valence-electron chi connectivity index (χ3n) is 6.23. The summed E-state index contributed by atoms with van der Waals surface area (Å²) in [7, 11) is 0. The zero-order valence-corrected chi connectivity index (χ0v) is 20.4. The van der Waals surface area contributed by atoms with E-state index in [-0.39, 0.29) is 17.1 Å². The van der Waals surface area contributed by atoms with Gasteiger partial charge in [0.25, 0.3) is 5.24 Å². The van der Waals surface area contributed by atoms with E-state index in [2.05, 4.69) is 21.8 Å². The first-order chi connectivity index (χ1) is 17.4. The van der Waals surface area contributed by atoms with Crippen molar-refractivity contribution in [3.63, 3.8) is 0 Å². The van der Waals surface area contributed by atoms with Crippen LogP contribution in [0.2, 0.25) is 0 Å². The van der Waals surface area contributed by atoms with E-state index in [1.165, 1.54) is 35.1 Å². The van der Waals surface area contributed by atoms with Crippen LogP contribution in [0.25, 0.3) is 5.69 Å². The monoisotopic (exact) mass is 511 g/mol. The van der Waals surface area contributed by atoms with Gasteiger partial charge in [-0.25, -0.2) is 13.9 Å². The van der Waals surface area contributed by atoms with Gasteiger partial charge >= 0.3 is 5.97 Å². The molecule has 0 radical (unpaired) electrons. The van der Waals surface area contributed by atoms with Gasteiger partial charge in [0.1, 0.15) is 17.6 Å². The van der Waals surface area contributed by atoms with Gasteiger partial charge in [0.2, 0.25) is 0 Å². The highest BCUT2D eigenvalue weighted by Gasteiger charge is 2.42. The summed E-state index contributed by atoms with van der Waals surface area (Å²) in [5, 5.41) is 6.88. The molecule has 1 saturated carbocycles. The number of benzene rings is 2. The van der Waals surface area contributed by atoms with Gasteiger partial charge in [-0.15, -0.1) is 11.7 Å². The number of esters is 1. The van der Waals surface area contributed by atoms with Crippen molar-refractivity contribution in [2.45, 2.75) is 37.3 Å². The zero-order valence-electron chi connectivity index (χ0n) is 19.6. The maximum Gasteiger partial charge on any atom is 0.328 e. The molecule has 0 saturated heterocycles. The minimum Gasteiger partial charge on any atom is -0.424 e. The van der Waals surface area contributed by atoms with Crippen molar-refractivity contribution in [3.05, 3.63) is 84.5 Å². The zero-order chi connectivity index (χ0) is 25.7. The van der Waals surface area contributed by atoms with Crippen LogP contribution < -0.4 is 10.5 Å². The molecule has 1 aliphatic rings. The van der Waals surface area contributed by atoms with Gasteiger partial charge in [0.15, 0.2) is 0 Å². The number of halogens is 2. The smallest absolute Gasteiger partial charge is 0.328 e. The molecule has 0 unspecified atom stereocenters. The number of carbonyl (C=O) groups is 2. The highest BCUT2D eigenvalue weighted by Crippen LogP contribution is 2.44. The number of hydrogen-bond acceptors (Lipinski definition) is 7. The number of rotatable bonds is 12. The molecule has 4 rings (SSSR count). The molecule has 2 N–H and O–H groups in total. The van der Waals surface area contributed by atoms with Gasteiger partial charge < -0.3 is 10.5 Å². The largest absolute Gasteiger partial charge is 0.424 e. The molecule has 188 valence electrons. The summed E-state index contributed by atoms with van der Waals surface area (Å²) >= 11 is 5.67. The van der Waals surface area contributed by atoms with Crippen molar-refractivity contribution in [2.24, 2.45) is 5.73 Å². The second-order valence-electron chi connectivity index (χ2n) is 8.72. The van der Waals surface area contributed by atoms with Crippen molar-refractivity contribution >= 4 is 22.8 Å². The Balaban J connectivity index is 1.33. The van der Waals surface area contributed by atoms with Crippen LogP contribution in [-0.4, -0.2) is 56.3 Å². The molecule has 3 atom stereocenters. The molecule has 36 heavy (non-hydrogen) atoms. The van der Waals surface area contributed by atoms with Crippen LogP contribution in [0.3, 0.4) is 0 Å². The van der Waals surface area contributed by atoms with E-state index in [0.29, 0.717) is 37.0 Å². The summed E-state index contributed by atoms with van der Waals surface area (Å²) in [4.78, 5) is 26.8. The summed E-state index contributed by atoms with van der Waals surface area (Å²) in [6.45, 7) is 5.28. The van der Waals surface area contributed by atoms with Crippen molar-refractivity contribution in [1.29, 1.82) is 0 Å². The summed E-state index contributed by atoms with van der Waals surface area (Å²) in [6.07, 6.45) is 7.02. The van der Waals surface area contributed by atoms with E-state index in [1.807, 2.05) is 18.2 Å². The lowest BCUT2D eigenvalue weighted by atomic mass is 10.1. The predicted octanol–water partition coefficient (Wildman–Crippen LogP) is 3.84. The van der Waals surface area contributed by atoms with Gasteiger partial charge in [0.05, 0.1) is 23.6 Å². The number of nitrogens with two attached hydrogens (primary N) is 1. The minimum atomic E-state index is -0.879. The Morgan fingerprint density at radius 1 is 1.31 bits per heavy atom. The number of nitrogens with zero attached hydrogens (tertiary/aromatic N) is 4. The fraction of sp³-hybridized carbons (Fsp3) is 0.308. The SMILES string of the molecule is C=CCN(CCC[C@H](N)C(=O)Oc1cc(-n2ccnn2)ccc1C(=O)Cl)[C@@H]1C[C@H]1c1ccc(F)cc1. The van der Waals surface area contributed by atoms with Crippen LogP contribution in [-0.2, 0) is 4.79 Å². The molecule has 1 aromatic heterocycles. The highest BCUT2D eigenvalue weighted by molar-refractivity contribution is 6.68. The number of ether oxygens (including phenoxy) is 1. The van der Waals surface area contributed by atoms with Gasteiger partial charge in [-0.1, -0.05) is 23.4 Å². The van der Waals surface area contributed by atoms with E-state index in [4.69, 9.17) is 22.1 Å². The van der Waals surface area contributed by atoms with Crippen molar-refractivity contribution in [2.75, 3.05) is 13.1 Å². The molecular weight excluding hydrogens is 485 g/mol. The fourth-order valence-corrected chi connectivity index (χ4v) is 4.43. The quantitative estimate of drug-likeness (QED) is 0.170. The van der Waals surface area contributed by atoms with Crippen LogP contribution in [0.5, 0.6) is 5.75 Å². The molecule has 2 aromatic carbocycles. The standard InChI is InChI=1S/C26H27ClFN5O3/c1-2-12-32(23-16-21(23)17-5-7-18(28)8-6-17)13-3-4-22(29)26(35)36-24-15-19(33-14-11-30-31-33)9-10-20(24)25(27)34/h2,5-11,14-15,21-23H,1,3-4,12-13,16,29H2/t21-,22-,23+/m0/s1. The van der Waals surface area contributed by atoms with Gasteiger partial charge in [-0.2, -0.15) is 0 Å². The topological polar surface area (TPSA) is 103 Å². The number of aromatic nitrogens is 3. The lowest BCUT2D eigenvalue weighted by Gasteiger charge is -2.22. The Labute approximate surface area is 213 Å². The Morgan fingerprint density at radius 2 is 2.08 bits per heavy atom. The average Bonchev–Trinajstić information content (AvgIpc) is 3.46. The molecular formula is C26H27ClFN5O3. The van der Waals surface area contributed by atoms with Crippen LogP contribution in [0, 0.1) is 5.82 Å². The Kier molecular flexibility index (Phi) is 8.25. The van der Waals surface area contributed by atoms with E-state index < -0.39 is 17.3 Å². The maximum atomic E-state index is 13.2. The van der Waals surface area contributed by atoms with Gasteiger partial charge in [0, 0.05) is 24.6 Å². The Hall–Kier alpha value is -3.40. The van der Waals surface area contributed by atoms with E-state index in [9.17, 15) is 14.0 Å². The molecule has 1 fully saturated rings.